The SMILES string of the molecule is O=C(CN(Cc1ccco1)Cc1cccs1)Nc1ccc(F)c(F)c1. The Morgan fingerprint density at radius 1 is 1.12 bits per heavy atom. The van der Waals surface area contributed by atoms with E-state index in [4.69, 9.17) is 4.42 Å². The summed E-state index contributed by atoms with van der Waals surface area (Å²) in [5.74, 6) is -1.51. The molecule has 0 aliphatic heterocycles. The molecule has 1 N–H and O–H groups in total. The molecule has 1 aromatic carbocycles. The number of carbonyl (C=O) groups excluding carboxylic acids is 1. The van der Waals surface area contributed by atoms with Gasteiger partial charge in [-0.3, -0.25) is 9.69 Å². The quantitative estimate of drug-likeness (QED) is 0.683. The van der Waals surface area contributed by atoms with Crippen LogP contribution in [0.25, 0.3) is 0 Å². The van der Waals surface area contributed by atoms with Gasteiger partial charge in [0.25, 0.3) is 0 Å². The number of thiophene rings is 1. The minimum Gasteiger partial charge on any atom is -0.468 e. The summed E-state index contributed by atoms with van der Waals surface area (Å²) in [4.78, 5) is 15.3. The number of hydrogen-bond donors (Lipinski definition) is 1. The molecule has 0 aliphatic carbocycles. The highest BCUT2D eigenvalue weighted by Crippen LogP contribution is 2.16. The van der Waals surface area contributed by atoms with Gasteiger partial charge in [-0.25, -0.2) is 8.78 Å². The Morgan fingerprint density at radius 3 is 2.68 bits per heavy atom. The standard InChI is InChI=1S/C18H16F2N2O2S/c19-16-6-5-13(9-17(16)20)21-18(23)12-22(10-14-3-1-7-24-14)11-15-4-2-8-25-15/h1-9H,10-12H2,(H,21,23). The zero-order chi connectivity index (χ0) is 17.6. The van der Waals surface area contributed by atoms with Crippen molar-refractivity contribution in [3.05, 3.63) is 76.4 Å². The highest BCUT2D eigenvalue weighted by Gasteiger charge is 2.15. The van der Waals surface area contributed by atoms with E-state index in [9.17, 15) is 13.6 Å². The molecule has 0 saturated heterocycles. The van der Waals surface area contributed by atoms with Gasteiger partial charge < -0.3 is 9.73 Å². The van der Waals surface area contributed by atoms with E-state index >= 15 is 0 Å². The maximum Gasteiger partial charge on any atom is 0.238 e. The van der Waals surface area contributed by atoms with E-state index in [-0.39, 0.29) is 18.1 Å². The zero-order valence-corrected chi connectivity index (χ0v) is 14.1. The normalized spacial score (nSPS) is 11.0. The minimum absolute atomic E-state index is 0.0948. The lowest BCUT2D eigenvalue weighted by Crippen LogP contribution is -2.32. The number of anilines is 1. The van der Waals surface area contributed by atoms with Crippen molar-refractivity contribution in [2.45, 2.75) is 13.1 Å². The third kappa shape index (κ3) is 4.98. The Kier molecular flexibility index (Phi) is 5.57. The Balaban J connectivity index is 1.65. The smallest absolute Gasteiger partial charge is 0.238 e. The van der Waals surface area contributed by atoms with Gasteiger partial charge in [0.1, 0.15) is 5.76 Å². The molecule has 1 amide bonds. The van der Waals surface area contributed by atoms with Crippen LogP contribution in [0.15, 0.2) is 58.5 Å². The summed E-state index contributed by atoms with van der Waals surface area (Å²) >= 11 is 1.60. The van der Waals surface area contributed by atoms with Crippen molar-refractivity contribution in [1.29, 1.82) is 0 Å². The maximum absolute atomic E-state index is 13.2. The molecular weight excluding hydrogens is 346 g/mol. The summed E-state index contributed by atoms with van der Waals surface area (Å²) in [6, 6.07) is 10.8. The molecule has 0 bridgehead atoms. The second-order valence-electron chi connectivity index (χ2n) is 5.48. The minimum atomic E-state index is -0.996. The van der Waals surface area contributed by atoms with E-state index in [0.717, 1.165) is 22.8 Å². The first-order valence-electron chi connectivity index (χ1n) is 7.62. The number of carbonyl (C=O) groups is 1. The number of furan rings is 1. The fourth-order valence-electron chi connectivity index (χ4n) is 2.39. The van der Waals surface area contributed by atoms with Crippen LogP contribution in [0.5, 0.6) is 0 Å². The van der Waals surface area contributed by atoms with Gasteiger partial charge in [0.15, 0.2) is 11.6 Å². The van der Waals surface area contributed by atoms with Gasteiger partial charge in [-0.15, -0.1) is 11.3 Å². The molecule has 0 aliphatic rings. The molecule has 25 heavy (non-hydrogen) atoms. The third-order valence-corrected chi connectivity index (χ3v) is 4.35. The van der Waals surface area contributed by atoms with Gasteiger partial charge in [-0.2, -0.15) is 0 Å². The Hall–Kier alpha value is -2.51. The summed E-state index contributed by atoms with van der Waals surface area (Å²) in [6.07, 6.45) is 1.58. The number of halogens is 2. The van der Waals surface area contributed by atoms with E-state index < -0.39 is 11.6 Å². The van der Waals surface area contributed by atoms with Gasteiger partial charge in [0.2, 0.25) is 5.91 Å². The average Bonchev–Trinajstić information content (AvgIpc) is 3.25. The lowest BCUT2D eigenvalue weighted by atomic mass is 10.3. The molecule has 0 fully saturated rings. The molecule has 4 nitrogen and oxygen atoms in total. The molecule has 130 valence electrons. The number of rotatable bonds is 7. The van der Waals surface area contributed by atoms with Crippen molar-refractivity contribution in [2.75, 3.05) is 11.9 Å². The van der Waals surface area contributed by atoms with E-state index in [0.29, 0.717) is 13.1 Å². The summed E-state index contributed by atoms with van der Waals surface area (Å²) in [7, 11) is 0. The largest absolute Gasteiger partial charge is 0.468 e. The summed E-state index contributed by atoms with van der Waals surface area (Å²) in [5, 5.41) is 4.56. The van der Waals surface area contributed by atoms with Crippen LogP contribution < -0.4 is 5.32 Å². The second kappa shape index (κ2) is 8.04. The Bertz CT molecular complexity index is 783. The lowest BCUT2D eigenvalue weighted by molar-refractivity contribution is -0.117. The van der Waals surface area contributed by atoms with Crippen molar-refractivity contribution in [1.82, 2.24) is 4.90 Å². The Labute approximate surface area is 147 Å². The van der Waals surface area contributed by atoms with Gasteiger partial charge in [-0.05, 0) is 35.7 Å². The van der Waals surface area contributed by atoms with Gasteiger partial charge in [0, 0.05) is 23.2 Å². The molecule has 0 spiro atoms. The lowest BCUT2D eigenvalue weighted by Gasteiger charge is -2.20. The van der Waals surface area contributed by atoms with E-state index in [1.54, 1.807) is 23.7 Å². The third-order valence-electron chi connectivity index (χ3n) is 3.49. The molecule has 0 unspecified atom stereocenters. The molecular formula is C18H16F2N2O2S. The first-order valence-corrected chi connectivity index (χ1v) is 8.50. The summed E-state index contributed by atoms with van der Waals surface area (Å²) < 4.78 is 31.6. The molecule has 3 aromatic rings. The summed E-state index contributed by atoms with van der Waals surface area (Å²) in [6.45, 7) is 1.15. The fraction of sp³-hybridized carbons (Fsp3) is 0.167. The van der Waals surface area contributed by atoms with E-state index in [1.807, 2.05) is 28.5 Å². The highest BCUT2D eigenvalue weighted by molar-refractivity contribution is 7.09. The van der Waals surface area contributed by atoms with Crippen LogP contribution in [-0.2, 0) is 17.9 Å². The molecule has 0 atom stereocenters. The van der Waals surface area contributed by atoms with Crippen molar-refractivity contribution in [3.8, 4) is 0 Å². The highest BCUT2D eigenvalue weighted by atomic mass is 32.1. The van der Waals surface area contributed by atoms with Gasteiger partial charge in [-0.1, -0.05) is 6.07 Å². The van der Waals surface area contributed by atoms with Crippen molar-refractivity contribution < 1.29 is 18.0 Å². The van der Waals surface area contributed by atoms with E-state index in [1.165, 1.54) is 6.07 Å². The number of nitrogens with one attached hydrogen (secondary N) is 1. The monoisotopic (exact) mass is 362 g/mol. The van der Waals surface area contributed by atoms with Gasteiger partial charge >= 0.3 is 0 Å². The number of amides is 1. The van der Waals surface area contributed by atoms with Crippen LogP contribution in [0, 0.1) is 11.6 Å². The van der Waals surface area contributed by atoms with Crippen LogP contribution in [0.1, 0.15) is 10.6 Å². The molecule has 0 radical (unpaired) electrons. The number of benzene rings is 1. The van der Waals surface area contributed by atoms with Crippen LogP contribution in [0.2, 0.25) is 0 Å². The zero-order valence-electron chi connectivity index (χ0n) is 13.2. The van der Waals surface area contributed by atoms with Crippen molar-refractivity contribution >= 4 is 22.9 Å². The van der Waals surface area contributed by atoms with Crippen molar-refractivity contribution in [2.24, 2.45) is 0 Å². The maximum atomic E-state index is 13.2. The van der Waals surface area contributed by atoms with Crippen LogP contribution >= 0.6 is 11.3 Å². The van der Waals surface area contributed by atoms with Crippen molar-refractivity contribution in [3.63, 3.8) is 0 Å². The fourth-order valence-corrected chi connectivity index (χ4v) is 3.14. The molecule has 2 heterocycles. The first kappa shape index (κ1) is 17.3. The molecule has 2 aromatic heterocycles. The average molecular weight is 362 g/mol. The predicted octanol–water partition coefficient (Wildman–Crippen LogP) is 4.26. The van der Waals surface area contributed by atoms with Crippen LogP contribution in [0.4, 0.5) is 14.5 Å². The van der Waals surface area contributed by atoms with Crippen LogP contribution in [-0.4, -0.2) is 17.4 Å². The van der Waals surface area contributed by atoms with Crippen LogP contribution in [0.3, 0.4) is 0 Å². The number of nitrogens with zero attached hydrogens (tertiary/aromatic N) is 1. The molecule has 3 rings (SSSR count). The molecule has 7 heteroatoms. The second-order valence-corrected chi connectivity index (χ2v) is 6.51. The van der Waals surface area contributed by atoms with E-state index in [2.05, 4.69) is 5.32 Å². The number of hydrogen-bond acceptors (Lipinski definition) is 4. The van der Waals surface area contributed by atoms with Gasteiger partial charge in [0.05, 0.1) is 19.4 Å². The topological polar surface area (TPSA) is 45.5 Å². The summed E-state index contributed by atoms with van der Waals surface area (Å²) in [5.41, 5.74) is 0.220. The predicted molar refractivity (Wildman–Crippen MR) is 92.1 cm³/mol. The molecule has 0 saturated carbocycles. The Morgan fingerprint density at radius 2 is 2.00 bits per heavy atom. The first-order chi connectivity index (χ1) is 12.1.